The molecule has 0 unspecified atom stereocenters. The molecule has 9 nitrogen and oxygen atoms in total. The molecule has 1 radical (unpaired) electrons. The van der Waals surface area contributed by atoms with Crippen molar-refractivity contribution in [2.45, 2.75) is 19.3 Å². The van der Waals surface area contributed by atoms with E-state index >= 15 is 0 Å². The van der Waals surface area contributed by atoms with Crippen LogP contribution in [0.5, 0.6) is 34.5 Å². The number of rotatable bonds is 3. The van der Waals surface area contributed by atoms with E-state index in [-0.39, 0.29) is 34.1 Å². The Morgan fingerprint density at radius 3 is 0.885 bits per heavy atom. The summed E-state index contributed by atoms with van der Waals surface area (Å²) in [7, 11) is 0. The largest absolute Gasteiger partial charge is 3.00 e. The van der Waals surface area contributed by atoms with Crippen molar-refractivity contribution in [1.29, 1.82) is 0 Å². The summed E-state index contributed by atoms with van der Waals surface area (Å²) < 4.78 is 17.0. The smallest absolute Gasteiger partial charge is 0.545 e. The van der Waals surface area contributed by atoms with Gasteiger partial charge in [-0.25, -0.2) is 0 Å². The first-order chi connectivity index (χ1) is 24.8. The first-order valence-corrected chi connectivity index (χ1v) is 16.0. The second kappa shape index (κ2) is 15.3. The Hall–Kier alpha value is -6.34. The predicted molar refractivity (Wildman–Crippen MR) is 180 cm³/mol. The first kappa shape index (κ1) is 35.5. The van der Waals surface area contributed by atoms with Crippen LogP contribution in [0, 0.1) is 0 Å². The number of aromatic carboxylic acids is 3. The fourth-order valence-electron chi connectivity index (χ4n) is 6.28. The minimum atomic E-state index is -1.16. The summed E-state index contributed by atoms with van der Waals surface area (Å²) in [5.74, 6) is 0.683. The molecule has 0 aromatic heterocycles. The molecule has 0 saturated carbocycles. The van der Waals surface area contributed by atoms with Crippen molar-refractivity contribution in [1.82, 2.24) is 0 Å². The van der Waals surface area contributed by atoms with E-state index in [1.807, 2.05) is 72.8 Å². The van der Waals surface area contributed by atoms with E-state index in [1.165, 1.54) is 0 Å². The zero-order valence-electron chi connectivity index (χ0n) is 27.3. The zero-order chi connectivity index (χ0) is 35.5. The van der Waals surface area contributed by atoms with Gasteiger partial charge in [0.1, 0.15) is 34.5 Å². The summed E-state index contributed by atoms with van der Waals surface area (Å²) >= 11 is 0. The number of carbonyl (C=O) groups excluding carboxylic acids is 3. The van der Waals surface area contributed by atoms with Crippen LogP contribution in [0.2, 0.25) is 0 Å². The summed E-state index contributed by atoms with van der Waals surface area (Å²) in [6.07, 6.45) is 1.70. The number of para-hydroxylation sites is 3. The van der Waals surface area contributed by atoms with E-state index in [0.29, 0.717) is 53.2 Å². The summed E-state index contributed by atoms with van der Waals surface area (Å²) in [4.78, 5) is 33.1. The third-order valence-corrected chi connectivity index (χ3v) is 8.74. The molecule has 6 aromatic carbocycles. The topological polar surface area (TPSA) is 148 Å². The van der Waals surface area contributed by atoms with Gasteiger partial charge in [-0.3, -0.25) is 0 Å². The number of ether oxygens (including phenoxy) is 3. The van der Waals surface area contributed by atoms with Gasteiger partial charge in [-0.15, -0.1) is 0 Å². The van der Waals surface area contributed by atoms with E-state index in [9.17, 15) is 29.7 Å². The van der Waals surface area contributed by atoms with Gasteiger partial charge in [0.15, 0.2) is 0 Å². The Balaban J connectivity index is 0.000000133. The molecule has 0 amide bonds. The van der Waals surface area contributed by atoms with Crippen molar-refractivity contribution in [2.24, 2.45) is 0 Å². The minimum Gasteiger partial charge on any atom is -0.545 e. The van der Waals surface area contributed by atoms with Crippen molar-refractivity contribution in [3.63, 3.8) is 0 Å². The Morgan fingerprint density at radius 1 is 0.365 bits per heavy atom. The number of carboxylic acid groups (broad SMARTS) is 3. The van der Waals surface area contributed by atoms with Crippen LogP contribution >= 0.6 is 0 Å². The number of carboxylic acids is 3. The molecule has 10 heteroatoms. The van der Waals surface area contributed by atoms with Gasteiger partial charge < -0.3 is 43.9 Å². The number of fused-ring (bicyclic) bond motifs is 6. The molecule has 0 atom stereocenters. The molecule has 52 heavy (non-hydrogen) atoms. The van der Waals surface area contributed by atoms with Gasteiger partial charge in [0, 0.05) is 52.6 Å². The van der Waals surface area contributed by atoms with Crippen LogP contribution in [-0.2, 0) is 36.6 Å². The van der Waals surface area contributed by atoms with Crippen LogP contribution in [-0.4, -0.2) is 17.9 Å². The van der Waals surface area contributed by atoms with Gasteiger partial charge in [-0.05, 0) is 53.1 Å². The van der Waals surface area contributed by atoms with E-state index in [4.69, 9.17) is 14.2 Å². The Bertz CT molecular complexity index is 2070. The molecule has 3 aliphatic heterocycles. The predicted octanol–water partition coefficient (Wildman–Crippen LogP) is 5.24. The van der Waals surface area contributed by atoms with Crippen LogP contribution < -0.4 is 29.5 Å². The number of hydrogen-bond donors (Lipinski definition) is 0. The maximum Gasteiger partial charge on any atom is 3.00 e. The molecule has 6 aromatic rings. The summed E-state index contributed by atoms with van der Waals surface area (Å²) in [6.45, 7) is 0. The first-order valence-electron chi connectivity index (χ1n) is 16.0. The van der Waals surface area contributed by atoms with E-state index in [2.05, 4.69) is 0 Å². The molecule has 0 N–H and O–H groups in total. The second-order valence-electron chi connectivity index (χ2n) is 11.9. The van der Waals surface area contributed by atoms with Gasteiger partial charge in [-0.1, -0.05) is 91.0 Å². The monoisotopic (exact) mass is 727 g/mol. The average molecular weight is 728 g/mol. The molecular weight excluding hydrogens is 700 g/mol. The molecule has 3 heterocycles. The van der Waals surface area contributed by atoms with Gasteiger partial charge in [-0.2, -0.15) is 0 Å². The maximum absolute atomic E-state index is 11.0. The van der Waals surface area contributed by atoms with Crippen LogP contribution in [0.25, 0.3) is 0 Å². The minimum absolute atomic E-state index is 0. The van der Waals surface area contributed by atoms with E-state index < -0.39 is 17.9 Å². The van der Waals surface area contributed by atoms with Gasteiger partial charge >= 0.3 is 17.4 Å². The SMILES string of the molecule is O=C([O-])c1cccc2c1Cc1ccccc1O2.O=C([O-])c1cccc2c1Cc1ccccc1O2.O=C([O-])c1cccc2c1Cc1ccccc1O2.[Cr+3]. The van der Waals surface area contributed by atoms with Crippen molar-refractivity contribution in [3.05, 3.63) is 177 Å². The van der Waals surface area contributed by atoms with Crippen LogP contribution in [0.4, 0.5) is 0 Å². The Kier molecular flexibility index (Phi) is 10.4. The summed E-state index contributed by atoms with van der Waals surface area (Å²) in [6, 6.07) is 37.8. The molecule has 9 rings (SSSR count). The molecule has 0 bridgehead atoms. The summed E-state index contributed by atoms with van der Waals surface area (Å²) in [5, 5.41) is 33.1. The fraction of sp³-hybridized carbons (Fsp3) is 0.0714. The van der Waals surface area contributed by atoms with Crippen molar-refractivity contribution >= 4 is 17.9 Å². The van der Waals surface area contributed by atoms with Crippen LogP contribution in [0.3, 0.4) is 0 Å². The number of benzene rings is 6. The molecule has 255 valence electrons. The van der Waals surface area contributed by atoms with E-state index in [0.717, 1.165) is 33.9 Å². The van der Waals surface area contributed by atoms with E-state index in [1.54, 1.807) is 54.6 Å². The maximum atomic E-state index is 11.0. The fourth-order valence-corrected chi connectivity index (χ4v) is 6.28. The Labute approximate surface area is 309 Å². The van der Waals surface area contributed by atoms with Crippen LogP contribution in [0.1, 0.15) is 64.5 Å². The van der Waals surface area contributed by atoms with Gasteiger partial charge in [0.2, 0.25) is 0 Å². The van der Waals surface area contributed by atoms with Crippen molar-refractivity contribution in [3.8, 4) is 34.5 Å². The average Bonchev–Trinajstić information content (AvgIpc) is 3.15. The molecule has 0 fully saturated rings. The second-order valence-corrected chi connectivity index (χ2v) is 11.9. The molecule has 0 spiro atoms. The third kappa shape index (κ3) is 7.25. The molecule has 3 aliphatic rings. The molecule has 0 aliphatic carbocycles. The van der Waals surface area contributed by atoms with Gasteiger partial charge in [0.25, 0.3) is 0 Å². The zero-order valence-corrected chi connectivity index (χ0v) is 28.6. The normalized spacial score (nSPS) is 12.0. The standard InChI is InChI=1S/3C14H10O3.Cr/c3*15-14(16)10-5-3-7-13-11(10)8-9-4-1-2-6-12(9)17-13;/h3*1-7H,8H2,(H,15,16);/q;;;+3/p-3. The number of carbonyl (C=O) groups is 3. The van der Waals surface area contributed by atoms with Crippen LogP contribution in [0.15, 0.2) is 127 Å². The van der Waals surface area contributed by atoms with Crippen molar-refractivity contribution in [2.75, 3.05) is 0 Å². The summed E-state index contributed by atoms with van der Waals surface area (Å²) in [5.41, 5.74) is 5.66. The number of hydrogen-bond acceptors (Lipinski definition) is 9. The van der Waals surface area contributed by atoms with Gasteiger partial charge in [0.05, 0.1) is 17.9 Å². The van der Waals surface area contributed by atoms with Crippen molar-refractivity contribution < 1.29 is 61.3 Å². The Morgan fingerprint density at radius 2 is 0.615 bits per heavy atom. The molecule has 0 saturated heterocycles. The quantitative estimate of drug-likeness (QED) is 0.238. The third-order valence-electron chi connectivity index (χ3n) is 8.74. The molecular formula is C42H27CrO9.